The molecule has 6 rings (SSSR count). The molecule has 2 aromatic heterocycles. The average molecular weight is 600 g/mol. The van der Waals surface area contributed by atoms with E-state index in [1.165, 1.54) is 13.2 Å². The van der Waals surface area contributed by atoms with Gasteiger partial charge in [0, 0.05) is 29.1 Å². The normalized spacial score (nSPS) is 15.8. The minimum absolute atomic E-state index is 0.0236. The molecule has 0 spiro atoms. The Hall–Kier alpha value is -5.19. The van der Waals surface area contributed by atoms with Crippen molar-refractivity contribution in [2.75, 3.05) is 19.5 Å². The van der Waals surface area contributed by atoms with Crippen LogP contribution in [0.15, 0.2) is 66.9 Å². The summed E-state index contributed by atoms with van der Waals surface area (Å²) < 4.78 is 42.0. The van der Waals surface area contributed by atoms with Gasteiger partial charge in [-0.05, 0) is 62.2 Å². The Balaban J connectivity index is 1.42. The summed E-state index contributed by atoms with van der Waals surface area (Å²) in [4.78, 5) is 21.5. The smallest absolute Gasteiger partial charge is 0.228 e. The van der Waals surface area contributed by atoms with Gasteiger partial charge in [-0.2, -0.15) is 0 Å². The van der Waals surface area contributed by atoms with E-state index in [0.29, 0.717) is 23.6 Å². The van der Waals surface area contributed by atoms with E-state index < -0.39 is 11.6 Å². The summed E-state index contributed by atoms with van der Waals surface area (Å²) in [5, 5.41) is 17.9. The SMILES string of the molecule is COc1ccc(Cn2cc3nc(-c4c(F)cccc4F)nc(Nc4ccc(C5CC(C)(C)NC5=O)cc4)c3c2O)c(OC)c1. The zero-order valence-corrected chi connectivity index (χ0v) is 24.6. The van der Waals surface area contributed by atoms with Gasteiger partial charge in [0.25, 0.3) is 0 Å². The summed E-state index contributed by atoms with van der Waals surface area (Å²) in [6, 6.07) is 16.2. The Morgan fingerprint density at radius 3 is 2.41 bits per heavy atom. The van der Waals surface area contributed by atoms with Crippen LogP contribution in [0.1, 0.15) is 37.3 Å². The summed E-state index contributed by atoms with van der Waals surface area (Å²) in [6.45, 7) is 4.17. The molecule has 226 valence electrons. The van der Waals surface area contributed by atoms with E-state index in [1.54, 1.807) is 42.1 Å². The van der Waals surface area contributed by atoms with Gasteiger partial charge in [-0.25, -0.2) is 18.7 Å². The Bertz CT molecular complexity index is 1870. The number of rotatable bonds is 8. The summed E-state index contributed by atoms with van der Waals surface area (Å²) in [6.07, 6.45) is 2.26. The molecule has 11 heteroatoms. The number of nitrogens with one attached hydrogen (secondary N) is 2. The number of methoxy groups -OCH3 is 2. The van der Waals surface area contributed by atoms with Crippen molar-refractivity contribution in [3.63, 3.8) is 0 Å². The van der Waals surface area contributed by atoms with E-state index in [-0.39, 0.29) is 57.9 Å². The maximum absolute atomic E-state index is 14.8. The van der Waals surface area contributed by atoms with Crippen molar-refractivity contribution in [2.24, 2.45) is 0 Å². The number of hydrogen-bond donors (Lipinski definition) is 3. The minimum Gasteiger partial charge on any atom is -0.497 e. The van der Waals surface area contributed by atoms with Crippen molar-refractivity contribution in [2.45, 2.75) is 38.3 Å². The lowest BCUT2D eigenvalue weighted by atomic mass is 9.91. The summed E-state index contributed by atoms with van der Waals surface area (Å²) in [5.74, 6) is -0.938. The van der Waals surface area contributed by atoms with Crippen molar-refractivity contribution < 1.29 is 28.2 Å². The van der Waals surface area contributed by atoms with Crippen LogP contribution in [-0.4, -0.2) is 45.3 Å². The highest BCUT2D eigenvalue weighted by Crippen LogP contribution is 2.38. The number of hydrogen-bond acceptors (Lipinski definition) is 7. The Morgan fingerprint density at radius 1 is 1.05 bits per heavy atom. The van der Waals surface area contributed by atoms with Crippen molar-refractivity contribution in [3.8, 4) is 28.8 Å². The molecule has 44 heavy (non-hydrogen) atoms. The second-order valence-corrected chi connectivity index (χ2v) is 11.4. The topological polar surface area (TPSA) is 111 Å². The number of nitrogens with zero attached hydrogens (tertiary/aromatic N) is 3. The number of benzene rings is 3. The van der Waals surface area contributed by atoms with Gasteiger partial charge < -0.3 is 29.8 Å². The minimum atomic E-state index is -0.816. The molecule has 1 atom stereocenters. The van der Waals surface area contributed by atoms with Crippen LogP contribution in [0.3, 0.4) is 0 Å². The second-order valence-electron chi connectivity index (χ2n) is 11.4. The zero-order valence-electron chi connectivity index (χ0n) is 24.6. The highest BCUT2D eigenvalue weighted by Gasteiger charge is 2.38. The van der Waals surface area contributed by atoms with Gasteiger partial charge in [0.2, 0.25) is 11.8 Å². The van der Waals surface area contributed by atoms with E-state index in [1.807, 2.05) is 32.0 Å². The lowest BCUT2D eigenvalue weighted by Gasteiger charge is -2.16. The number of anilines is 2. The van der Waals surface area contributed by atoms with E-state index in [0.717, 1.165) is 23.3 Å². The Labute approximate surface area is 252 Å². The lowest BCUT2D eigenvalue weighted by molar-refractivity contribution is -0.120. The fourth-order valence-corrected chi connectivity index (χ4v) is 5.62. The summed E-state index contributed by atoms with van der Waals surface area (Å²) >= 11 is 0. The zero-order chi connectivity index (χ0) is 31.2. The molecule has 0 bridgehead atoms. The molecular formula is C33H31F2N5O4. The van der Waals surface area contributed by atoms with E-state index in [2.05, 4.69) is 20.6 Å². The van der Waals surface area contributed by atoms with Crippen molar-refractivity contribution in [1.82, 2.24) is 19.9 Å². The molecule has 1 fully saturated rings. The molecule has 1 saturated heterocycles. The lowest BCUT2D eigenvalue weighted by Crippen LogP contribution is -2.34. The summed E-state index contributed by atoms with van der Waals surface area (Å²) in [5.41, 5.74) is 1.81. The van der Waals surface area contributed by atoms with Gasteiger partial charge >= 0.3 is 0 Å². The number of carbonyl (C=O) groups is 1. The molecule has 3 heterocycles. The maximum atomic E-state index is 14.8. The molecule has 1 unspecified atom stereocenters. The fraction of sp³-hybridized carbons (Fsp3) is 0.242. The molecule has 1 aliphatic heterocycles. The quantitative estimate of drug-likeness (QED) is 0.193. The molecule has 0 aliphatic carbocycles. The standard InChI is InChI=1S/C33H31F2N5O4/c1-33(2)15-22(31(41)39-33)18-8-11-20(12-9-18)36-30-28-25(37-29(38-30)27-23(34)6-5-7-24(27)35)17-40(32(28)42)16-19-10-13-21(43-3)14-26(19)44-4/h5-14,17,22,42H,15-16H2,1-4H3,(H,39,41)(H,36,37,38). The van der Waals surface area contributed by atoms with Crippen LogP contribution >= 0.6 is 0 Å². The highest BCUT2D eigenvalue weighted by molar-refractivity contribution is 5.97. The highest BCUT2D eigenvalue weighted by atomic mass is 19.1. The molecule has 3 aromatic carbocycles. The summed E-state index contributed by atoms with van der Waals surface area (Å²) in [7, 11) is 3.10. The average Bonchev–Trinajstić information content (AvgIpc) is 3.46. The van der Waals surface area contributed by atoms with Crippen LogP contribution in [0.25, 0.3) is 22.3 Å². The second kappa shape index (κ2) is 11.1. The fourth-order valence-electron chi connectivity index (χ4n) is 5.62. The third-order valence-electron chi connectivity index (χ3n) is 7.80. The van der Waals surface area contributed by atoms with Crippen molar-refractivity contribution in [3.05, 3.63) is 89.6 Å². The predicted octanol–water partition coefficient (Wildman–Crippen LogP) is 6.27. The van der Waals surface area contributed by atoms with Crippen LogP contribution < -0.4 is 20.1 Å². The van der Waals surface area contributed by atoms with Gasteiger partial charge in [0.15, 0.2) is 5.82 Å². The van der Waals surface area contributed by atoms with E-state index in [9.17, 15) is 18.7 Å². The molecule has 1 aliphatic rings. The molecule has 0 radical (unpaired) electrons. The molecular weight excluding hydrogens is 568 g/mol. The number of halogens is 2. The number of aromatic hydroxyl groups is 1. The third-order valence-corrected chi connectivity index (χ3v) is 7.80. The van der Waals surface area contributed by atoms with Gasteiger partial charge in [-0.15, -0.1) is 0 Å². The first-order valence-corrected chi connectivity index (χ1v) is 14.0. The number of aromatic nitrogens is 3. The first-order chi connectivity index (χ1) is 21.1. The largest absolute Gasteiger partial charge is 0.497 e. The van der Waals surface area contributed by atoms with Crippen molar-refractivity contribution in [1.29, 1.82) is 0 Å². The van der Waals surface area contributed by atoms with Crippen molar-refractivity contribution >= 4 is 28.3 Å². The number of fused-ring (bicyclic) bond motifs is 1. The molecule has 9 nitrogen and oxygen atoms in total. The van der Waals surface area contributed by atoms with E-state index in [4.69, 9.17) is 9.47 Å². The number of carbonyl (C=O) groups excluding carboxylic acids is 1. The van der Waals surface area contributed by atoms with Crippen LogP contribution in [0.5, 0.6) is 17.4 Å². The van der Waals surface area contributed by atoms with Crippen LogP contribution in [0, 0.1) is 11.6 Å². The van der Waals surface area contributed by atoms with Gasteiger partial charge in [-0.1, -0.05) is 18.2 Å². The number of ether oxygens (including phenoxy) is 2. The molecule has 5 aromatic rings. The first-order valence-electron chi connectivity index (χ1n) is 14.0. The molecule has 0 saturated carbocycles. The molecule has 3 N–H and O–H groups in total. The predicted molar refractivity (Wildman–Crippen MR) is 162 cm³/mol. The Morgan fingerprint density at radius 2 is 1.77 bits per heavy atom. The van der Waals surface area contributed by atoms with Gasteiger partial charge in [0.1, 0.15) is 34.3 Å². The molecule has 1 amide bonds. The van der Waals surface area contributed by atoms with Gasteiger partial charge in [-0.3, -0.25) is 4.79 Å². The third kappa shape index (κ3) is 5.36. The van der Waals surface area contributed by atoms with Crippen LogP contribution in [0.2, 0.25) is 0 Å². The first kappa shape index (κ1) is 28.9. The Kier molecular flexibility index (Phi) is 7.32. The van der Waals surface area contributed by atoms with Gasteiger partial charge in [0.05, 0.1) is 37.8 Å². The van der Waals surface area contributed by atoms with Crippen LogP contribution in [-0.2, 0) is 11.3 Å². The monoisotopic (exact) mass is 599 g/mol. The van der Waals surface area contributed by atoms with Crippen LogP contribution in [0.4, 0.5) is 20.3 Å². The number of amides is 1. The van der Waals surface area contributed by atoms with E-state index >= 15 is 0 Å². The maximum Gasteiger partial charge on any atom is 0.228 e.